The fraction of sp³-hybridized carbons (Fsp3) is 0.160. The Balaban J connectivity index is 1.65. The molecule has 1 saturated heterocycles. The zero-order valence-electron chi connectivity index (χ0n) is 15.8. The summed E-state index contributed by atoms with van der Waals surface area (Å²) in [6.45, 7) is 2.15. The Morgan fingerprint density at radius 2 is 1.61 bits per heavy atom. The molecule has 1 unspecified atom stereocenters. The zero-order chi connectivity index (χ0) is 19.1. The van der Waals surface area contributed by atoms with Crippen molar-refractivity contribution in [2.24, 2.45) is 0 Å². The molecule has 0 aliphatic carbocycles. The van der Waals surface area contributed by atoms with Gasteiger partial charge in [0.05, 0.1) is 11.2 Å². The standard InChI is InChI=1S/C25H21NO2/c1-25-15-14-24(27)26(25)23-13-12-20(28-19-10-6-3-7-11-19)16-21(23)22(17-25)18-8-4-2-5-9-18/h2-13,16-17H,14-15H2,1H3. The number of anilines is 1. The number of benzene rings is 3. The van der Waals surface area contributed by atoms with E-state index in [-0.39, 0.29) is 11.4 Å². The van der Waals surface area contributed by atoms with E-state index in [1.54, 1.807) is 0 Å². The van der Waals surface area contributed by atoms with Gasteiger partial charge in [0.25, 0.3) is 0 Å². The summed E-state index contributed by atoms with van der Waals surface area (Å²) in [7, 11) is 0. The van der Waals surface area contributed by atoms with Crippen LogP contribution in [0.15, 0.2) is 84.9 Å². The molecule has 0 spiro atoms. The fourth-order valence-corrected chi connectivity index (χ4v) is 4.27. The Morgan fingerprint density at radius 3 is 2.36 bits per heavy atom. The van der Waals surface area contributed by atoms with Gasteiger partial charge >= 0.3 is 0 Å². The first-order chi connectivity index (χ1) is 13.6. The molecule has 3 aromatic rings. The molecular weight excluding hydrogens is 346 g/mol. The molecular formula is C25H21NO2. The van der Waals surface area contributed by atoms with Crippen molar-refractivity contribution in [2.75, 3.05) is 4.90 Å². The first-order valence-corrected chi connectivity index (χ1v) is 9.63. The van der Waals surface area contributed by atoms with Crippen LogP contribution >= 0.6 is 0 Å². The lowest BCUT2D eigenvalue weighted by atomic mass is 9.84. The van der Waals surface area contributed by atoms with Gasteiger partial charge < -0.3 is 9.64 Å². The number of hydrogen-bond donors (Lipinski definition) is 0. The fourth-order valence-electron chi connectivity index (χ4n) is 4.27. The van der Waals surface area contributed by atoms with E-state index in [9.17, 15) is 4.79 Å². The molecule has 2 aliphatic heterocycles. The molecule has 2 aliphatic rings. The van der Waals surface area contributed by atoms with E-state index >= 15 is 0 Å². The van der Waals surface area contributed by atoms with E-state index in [1.165, 1.54) is 0 Å². The van der Waals surface area contributed by atoms with Gasteiger partial charge in [0.15, 0.2) is 0 Å². The molecule has 28 heavy (non-hydrogen) atoms. The van der Waals surface area contributed by atoms with Crippen LogP contribution in [0, 0.1) is 0 Å². The van der Waals surface area contributed by atoms with E-state index in [0.717, 1.165) is 40.3 Å². The van der Waals surface area contributed by atoms with E-state index in [0.29, 0.717) is 6.42 Å². The first kappa shape index (κ1) is 16.8. The van der Waals surface area contributed by atoms with E-state index in [1.807, 2.05) is 59.5 Å². The molecule has 138 valence electrons. The van der Waals surface area contributed by atoms with Crippen LogP contribution in [0.3, 0.4) is 0 Å². The van der Waals surface area contributed by atoms with Gasteiger partial charge in [-0.05, 0) is 54.8 Å². The van der Waals surface area contributed by atoms with Gasteiger partial charge in [-0.1, -0.05) is 54.6 Å². The first-order valence-electron chi connectivity index (χ1n) is 9.63. The van der Waals surface area contributed by atoms with Crippen LogP contribution in [0.2, 0.25) is 0 Å². The number of para-hydroxylation sites is 1. The smallest absolute Gasteiger partial charge is 0.227 e. The topological polar surface area (TPSA) is 29.5 Å². The average molecular weight is 367 g/mol. The maximum absolute atomic E-state index is 12.7. The van der Waals surface area contributed by atoms with Crippen LogP contribution in [0.1, 0.15) is 30.9 Å². The van der Waals surface area contributed by atoms with Gasteiger partial charge in [0, 0.05) is 12.0 Å². The number of hydrogen-bond acceptors (Lipinski definition) is 2. The van der Waals surface area contributed by atoms with Crippen LogP contribution < -0.4 is 9.64 Å². The zero-order valence-corrected chi connectivity index (χ0v) is 15.8. The molecule has 1 atom stereocenters. The second-order valence-corrected chi connectivity index (χ2v) is 7.60. The number of ether oxygens (including phenoxy) is 1. The molecule has 0 radical (unpaired) electrons. The van der Waals surface area contributed by atoms with Crippen LogP contribution in [0.4, 0.5) is 5.69 Å². The van der Waals surface area contributed by atoms with Crippen LogP contribution in [0.5, 0.6) is 11.5 Å². The molecule has 3 aromatic carbocycles. The molecule has 0 saturated carbocycles. The highest BCUT2D eigenvalue weighted by atomic mass is 16.5. The summed E-state index contributed by atoms with van der Waals surface area (Å²) in [4.78, 5) is 14.6. The molecule has 3 heteroatoms. The van der Waals surface area contributed by atoms with Gasteiger partial charge in [-0.3, -0.25) is 4.79 Å². The normalized spacial score (nSPS) is 20.4. The van der Waals surface area contributed by atoms with Gasteiger partial charge in [0.1, 0.15) is 11.5 Å². The van der Waals surface area contributed by atoms with Crippen molar-refractivity contribution >= 4 is 17.2 Å². The summed E-state index contributed by atoms with van der Waals surface area (Å²) in [5.41, 5.74) is 4.03. The summed E-state index contributed by atoms with van der Waals surface area (Å²) in [6, 6.07) is 26.1. The number of carbonyl (C=O) groups excluding carboxylic acids is 1. The van der Waals surface area contributed by atoms with E-state index in [2.05, 4.69) is 37.3 Å². The minimum absolute atomic E-state index is 0.184. The maximum atomic E-state index is 12.7. The molecule has 2 heterocycles. The van der Waals surface area contributed by atoms with Crippen molar-refractivity contribution in [3.05, 3.63) is 96.1 Å². The molecule has 1 amide bonds. The second kappa shape index (κ2) is 6.38. The highest BCUT2D eigenvalue weighted by molar-refractivity contribution is 6.05. The summed E-state index contributed by atoms with van der Waals surface area (Å²) >= 11 is 0. The molecule has 0 bridgehead atoms. The largest absolute Gasteiger partial charge is 0.457 e. The lowest BCUT2D eigenvalue weighted by Crippen LogP contribution is -2.44. The minimum atomic E-state index is -0.281. The van der Waals surface area contributed by atoms with Crippen molar-refractivity contribution in [2.45, 2.75) is 25.3 Å². The van der Waals surface area contributed by atoms with Crippen molar-refractivity contribution in [1.82, 2.24) is 0 Å². The van der Waals surface area contributed by atoms with E-state index < -0.39 is 0 Å². The van der Waals surface area contributed by atoms with Gasteiger partial charge in [-0.2, -0.15) is 0 Å². The summed E-state index contributed by atoms with van der Waals surface area (Å²) in [5.74, 6) is 1.75. The van der Waals surface area contributed by atoms with Gasteiger partial charge in [0.2, 0.25) is 5.91 Å². The van der Waals surface area contributed by atoms with Crippen molar-refractivity contribution < 1.29 is 9.53 Å². The van der Waals surface area contributed by atoms with Crippen molar-refractivity contribution in [3.63, 3.8) is 0 Å². The molecule has 5 rings (SSSR count). The Labute approximate surface area is 164 Å². The lowest BCUT2D eigenvalue weighted by molar-refractivity contribution is -0.117. The van der Waals surface area contributed by atoms with Gasteiger partial charge in [-0.15, -0.1) is 0 Å². The number of amides is 1. The second-order valence-electron chi connectivity index (χ2n) is 7.60. The van der Waals surface area contributed by atoms with Crippen LogP contribution in [0.25, 0.3) is 5.57 Å². The predicted molar refractivity (Wildman–Crippen MR) is 112 cm³/mol. The Morgan fingerprint density at radius 1 is 0.893 bits per heavy atom. The molecule has 0 N–H and O–H groups in total. The third-order valence-corrected chi connectivity index (χ3v) is 5.62. The number of fused-ring (bicyclic) bond motifs is 3. The van der Waals surface area contributed by atoms with Crippen molar-refractivity contribution in [3.8, 4) is 11.5 Å². The summed E-state index contributed by atoms with van der Waals surface area (Å²) in [5, 5.41) is 0. The van der Waals surface area contributed by atoms with Crippen LogP contribution in [-0.4, -0.2) is 11.4 Å². The summed E-state index contributed by atoms with van der Waals surface area (Å²) < 4.78 is 6.06. The maximum Gasteiger partial charge on any atom is 0.227 e. The Kier molecular flexibility index (Phi) is 3.83. The highest BCUT2D eigenvalue weighted by Gasteiger charge is 2.45. The quantitative estimate of drug-likeness (QED) is 0.585. The number of nitrogens with zero attached hydrogens (tertiary/aromatic N) is 1. The third kappa shape index (κ3) is 2.71. The average Bonchev–Trinajstić information content (AvgIpc) is 3.04. The lowest BCUT2D eigenvalue weighted by Gasteiger charge is -2.39. The van der Waals surface area contributed by atoms with Crippen LogP contribution in [-0.2, 0) is 4.79 Å². The Hall–Kier alpha value is -3.33. The third-order valence-electron chi connectivity index (χ3n) is 5.62. The SMILES string of the molecule is CC12C=C(c3ccccc3)c3cc(Oc4ccccc4)ccc3N1C(=O)CC2. The Bertz CT molecular complexity index is 1070. The van der Waals surface area contributed by atoms with Gasteiger partial charge in [-0.25, -0.2) is 0 Å². The molecule has 0 aromatic heterocycles. The number of carbonyl (C=O) groups is 1. The highest BCUT2D eigenvalue weighted by Crippen LogP contribution is 2.48. The summed E-state index contributed by atoms with van der Waals surface area (Å²) in [6.07, 6.45) is 3.67. The molecule has 3 nitrogen and oxygen atoms in total. The minimum Gasteiger partial charge on any atom is -0.457 e. The predicted octanol–water partition coefficient (Wildman–Crippen LogP) is 5.81. The van der Waals surface area contributed by atoms with E-state index in [4.69, 9.17) is 4.74 Å². The number of rotatable bonds is 3. The monoisotopic (exact) mass is 367 g/mol. The van der Waals surface area contributed by atoms with Crippen molar-refractivity contribution in [1.29, 1.82) is 0 Å². The molecule has 1 fully saturated rings.